The first-order chi connectivity index (χ1) is 12.0. The molecule has 2 aromatic carbocycles. The summed E-state index contributed by atoms with van der Waals surface area (Å²) in [6.07, 6.45) is 3.92. The SMILES string of the molecule is CC(Oc1ccc(Oc2ccc(Cl)cc2C2CCCC2)cc1)C(=O)O. The Bertz CT molecular complexity index is 736. The summed E-state index contributed by atoms with van der Waals surface area (Å²) in [4.78, 5) is 10.8. The number of carboxylic acid groups (broad SMARTS) is 1. The van der Waals surface area contributed by atoms with Gasteiger partial charge < -0.3 is 14.6 Å². The Hall–Kier alpha value is -2.20. The Morgan fingerprint density at radius 1 is 1.12 bits per heavy atom. The van der Waals surface area contributed by atoms with Crippen molar-refractivity contribution in [1.29, 1.82) is 0 Å². The van der Waals surface area contributed by atoms with Gasteiger partial charge in [-0.05, 0) is 73.7 Å². The number of carbonyl (C=O) groups is 1. The molecule has 0 amide bonds. The number of rotatable bonds is 6. The number of ether oxygens (including phenoxy) is 2. The van der Waals surface area contributed by atoms with E-state index in [9.17, 15) is 4.79 Å². The minimum absolute atomic E-state index is 0.493. The smallest absolute Gasteiger partial charge is 0.344 e. The lowest BCUT2D eigenvalue weighted by Gasteiger charge is -2.17. The average molecular weight is 361 g/mol. The second kappa shape index (κ2) is 7.79. The molecule has 0 spiro atoms. The highest BCUT2D eigenvalue weighted by Crippen LogP contribution is 2.41. The maximum absolute atomic E-state index is 10.8. The molecule has 5 heteroatoms. The average Bonchev–Trinajstić information content (AvgIpc) is 3.12. The summed E-state index contributed by atoms with van der Waals surface area (Å²) in [6.45, 7) is 1.49. The van der Waals surface area contributed by atoms with Crippen LogP contribution in [0.15, 0.2) is 42.5 Å². The van der Waals surface area contributed by atoms with Crippen LogP contribution in [0.4, 0.5) is 0 Å². The van der Waals surface area contributed by atoms with Gasteiger partial charge in [0.25, 0.3) is 0 Å². The van der Waals surface area contributed by atoms with E-state index in [0.29, 0.717) is 17.4 Å². The number of benzene rings is 2. The number of hydrogen-bond acceptors (Lipinski definition) is 3. The molecule has 4 nitrogen and oxygen atoms in total. The monoisotopic (exact) mass is 360 g/mol. The zero-order valence-electron chi connectivity index (χ0n) is 14.1. The number of hydrogen-bond donors (Lipinski definition) is 1. The second-order valence-electron chi connectivity index (χ2n) is 6.34. The quantitative estimate of drug-likeness (QED) is 0.724. The molecule has 25 heavy (non-hydrogen) atoms. The van der Waals surface area contributed by atoms with Gasteiger partial charge in [-0.3, -0.25) is 0 Å². The fourth-order valence-electron chi connectivity index (χ4n) is 3.14. The summed E-state index contributed by atoms with van der Waals surface area (Å²) < 4.78 is 11.4. The standard InChI is InChI=1S/C20H21ClO4/c1-13(20(22)23)24-16-7-9-17(10-8-16)25-19-11-6-15(21)12-18(19)14-4-2-3-5-14/h6-14H,2-5H2,1H3,(H,22,23). The molecule has 1 atom stereocenters. The molecular weight excluding hydrogens is 340 g/mol. The van der Waals surface area contributed by atoms with Gasteiger partial charge in [-0.25, -0.2) is 4.79 Å². The fourth-order valence-corrected chi connectivity index (χ4v) is 3.32. The molecule has 1 unspecified atom stereocenters. The molecule has 2 aromatic rings. The van der Waals surface area contributed by atoms with Gasteiger partial charge in [0.2, 0.25) is 0 Å². The lowest BCUT2D eigenvalue weighted by atomic mass is 9.97. The summed E-state index contributed by atoms with van der Waals surface area (Å²) in [6, 6.07) is 12.7. The Labute approximate surface area is 152 Å². The van der Waals surface area contributed by atoms with Gasteiger partial charge in [0.15, 0.2) is 6.10 Å². The first-order valence-electron chi connectivity index (χ1n) is 8.50. The molecule has 0 radical (unpaired) electrons. The molecule has 1 N–H and O–H groups in total. The Kier molecular flexibility index (Phi) is 5.49. The van der Waals surface area contributed by atoms with Crippen LogP contribution in [0.2, 0.25) is 5.02 Å². The topological polar surface area (TPSA) is 55.8 Å². The van der Waals surface area contributed by atoms with E-state index in [4.69, 9.17) is 26.2 Å². The molecule has 0 aliphatic heterocycles. The molecule has 0 saturated heterocycles. The van der Waals surface area contributed by atoms with Crippen LogP contribution in [0.3, 0.4) is 0 Å². The lowest BCUT2D eigenvalue weighted by Crippen LogP contribution is -2.22. The van der Waals surface area contributed by atoms with Gasteiger partial charge in [-0.15, -0.1) is 0 Å². The third-order valence-electron chi connectivity index (χ3n) is 4.48. The molecular formula is C20H21ClO4. The first-order valence-corrected chi connectivity index (χ1v) is 8.87. The van der Waals surface area contributed by atoms with E-state index in [1.54, 1.807) is 24.3 Å². The van der Waals surface area contributed by atoms with E-state index in [2.05, 4.69) is 0 Å². The maximum Gasteiger partial charge on any atom is 0.344 e. The molecule has 132 valence electrons. The van der Waals surface area contributed by atoms with Crippen LogP contribution in [0.5, 0.6) is 17.2 Å². The van der Waals surface area contributed by atoms with Crippen LogP contribution in [-0.2, 0) is 4.79 Å². The predicted octanol–water partition coefficient (Wildman–Crippen LogP) is 5.64. The molecule has 0 aromatic heterocycles. The van der Waals surface area contributed by atoms with Crippen molar-refractivity contribution in [1.82, 2.24) is 0 Å². The molecule has 3 rings (SSSR count). The molecule has 1 aliphatic carbocycles. The molecule has 0 heterocycles. The molecule has 1 fully saturated rings. The second-order valence-corrected chi connectivity index (χ2v) is 6.77. The van der Waals surface area contributed by atoms with Crippen molar-refractivity contribution in [3.05, 3.63) is 53.1 Å². The zero-order chi connectivity index (χ0) is 17.8. The minimum Gasteiger partial charge on any atom is -0.479 e. The van der Waals surface area contributed by atoms with E-state index in [1.807, 2.05) is 18.2 Å². The summed E-state index contributed by atoms with van der Waals surface area (Å²) in [5.41, 5.74) is 1.16. The lowest BCUT2D eigenvalue weighted by molar-refractivity contribution is -0.144. The van der Waals surface area contributed by atoms with E-state index in [-0.39, 0.29) is 0 Å². The van der Waals surface area contributed by atoms with Gasteiger partial charge in [0.05, 0.1) is 0 Å². The summed E-state index contributed by atoms with van der Waals surface area (Å²) in [5.74, 6) is 1.49. The summed E-state index contributed by atoms with van der Waals surface area (Å²) in [5, 5.41) is 9.61. The van der Waals surface area contributed by atoms with E-state index in [0.717, 1.165) is 29.2 Å². The van der Waals surface area contributed by atoms with Gasteiger partial charge in [-0.1, -0.05) is 24.4 Å². The fraction of sp³-hybridized carbons (Fsp3) is 0.350. The van der Waals surface area contributed by atoms with E-state index in [1.165, 1.54) is 19.8 Å². The van der Waals surface area contributed by atoms with Crippen molar-refractivity contribution < 1.29 is 19.4 Å². The minimum atomic E-state index is -0.998. The zero-order valence-corrected chi connectivity index (χ0v) is 14.8. The third-order valence-corrected chi connectivity index (χ3v) is 4.71. The summed E-state index contributed by atoms with van der Waals surface area (Å²) >= 11 is 6.17. The van der Waals surface area contributed by atoms with Gasteiger partial charge in [0, 0.05) is 5.02 Å². The van der Waals surface area contributed by atoms with Gasteiger partial charge in [0.1, 0.15) is 17.2 Å². The highest BCUT2D eigenvalue weighted by molar-refractivity contribution is 6.30. The maximum atomic E-state index is 10.8. The van der Waals surface area contributed by atoms with Crippen LogP contribution in [0.1, 0.15) is 44.1 Å². The van der Waals surface area contributed by atoms with Crippen molar-refractivity contribution >= 4 is 17.6 Å². The van der Waals surface area contributed by atoms with Crippen molar-refractivity contribution in [3.8, 4) is 17.2 Å². The Morgan fingerprint density at radius 3 is 2.40 bits per heavy atom. The van der Waals surface area contributed by atoms with Crippen molar-refractivity contribution in [2.45, 2.75) is 44.6 Å². The number of carboxylic acids is 1. The largest absolute Gasteiger partial charge is 0.479 e. The van der Waals surface area contributed by atoms with E-state index >= 15 is 0 Å². The van der Waals surface area contributed by atoms with Crippen molar-refractivity contribution in [2.75, 3.05) is 0 Å². The van der Waals surface area contributed by atoms with Crippen molar-refractivity contribution in [3.63, 3.8) is 0 Å². The molecule has 1 aliphatic rings. The van der Waals surface area contributed by atoms with Crippen molar-refractivity contribution in [2.24, 2.45) is 0 Å². The van der Waals surface area contributed by atoms with Gasteiger partial charge >= 0.3 is 5.97 Å². The normalized spacial score (nSPS) is 15.8. The molecule has 1 saturated carbocycles. The first kappa shape index (κ1) is 17.6. The van der Waals surface area contributed by atoms with Gasteiger partial charge in [-0.2, -0.15) is 0 Å². The Morgan fingerprint density at radius 2 is 1.76 bits per heavy atom. The van der Waals surface area contributed by atoms with E-state index < -0.39 is 12.1 Å². The van der Waals surface area contributed by atoms with Crippen LogP contribution in [-0.4, -0.2) is 17.2 Å². The number of aliphatic carboxylic acids is 1. The highest BCUT2D eigenvalue weighted by atomic mass is 35.5. The van der Waals surface area contributed by atoms with Crippen LogP contribution >= 0.6 is 11.6 Å². The van der Waals surface area contributed by atoms with Crippen LogP contribution in [0, 0.1) is 0 Å². The highest BCUT2D eigenvalue weighted by Gasteiger charge is 2.21. The predicted molar refractivity (Wildman–Crippen MR) is 96.9 cm³/mol. The molecule has 0 bridgehead atoms. The van der Waals surface area contributed by atoms with Crippen LogP contribution in [0.25, 0.3) is 0 Å². The third kappa shape index (κ3) is 4.45. The number of halogens is 1. The Balaban J connectivity index is 1.75. The van der Waals surface area contributed by atoms with Crippen LogP contribution < -0.4 is 9.47 Å². The summed E-state index contributed by atoms with van der Waals surface area (Å²) in [7, 11) is 0.